The first kappa shape index (κ1) is 15.4. The summed E-state index contributed by atoms with van der Waals surface area (Å²) in [4.78, 5) is 35.9. The van der Waals surface area contributed by atoms with Gasteiger partial charge in [0.25, 0.3) is 5.91 Å². The molecule has 8 heteroatoms. The Morgan fingerprint density at radius 2 is 1.96 bits per heavy atom. The topological polar surface area (TPSA) is 92.4 Å². The highest BCUT2D eigenvalue weighted by molar-refractivity contribution is 7.13. The number of piperazine rings is 1. The summed E-state index contributed by atoms with van der Waals surface area (Å²) in [6.45, 7) is 4.71. The minimum atomic E-state index is -0.552. The summed E-state index contributed by atoms with van der Waals surface area (Å²) in [6.07, 6.45) is 1.34. The number of nitrogens with zero attached hydrogens (tertiary/aromatic N) is 4. The van der Waals surface area contributed by atoms with E-state index in [0.29, 0.717) is 24.3 Å². The fraction of sp³-hybridized carbons (Fsp3) is 0.333. The Labute approximate surface area is 137 Å². The standard InChI is InChI=1S/C15H17N5O2S/c1-10-9-23-15(18-10)20-6-4-19(5-7-20)14(22)12-3-2-11(8-17-12)13(16)21/h2-3,8-9H,4-7H2,1H3,(H2,16,21). The molecule has 0 saturated carbocycles. The maximum absolute atomic E-state index is 12.4. The van der Waals surface area contributed by atoms with Crippen molar-refractivity contribution in [1.29, 1.82) is 0 Å². The lowest BCUT2D eigenvalue weighted by Gasteiger charge is -2.34. The normalized spacial score (nSPS) is 14.8. The predicted molar refractivity (Wildman–Crippen MR) is 87.7 cm³/mol. The van der Waals surface area contributed by atoms with Gasteiger partial charge >= 0.3 is 0 Å². The summed E-state index contributed by atoms with van der Waals surface area (Å²) in [6, 6.07) is 3.07. The summed E-state index contributed by atoms with van der Waals surface area (Å²) in [7, 11) is 0. The van der Waals surface area contributed by atoms with Crippen LogP contribution in [0.3, 0.4) is 0 Å². The van der Waals surface area contributed by atoms with Gasteiger partial charge in [0.2, 0.25) is 5.91 Å². The smallest absolute Gasteiger partial charge is 0.272 e. The molecule has 7 nitrogen and oxygen atoms in total. The largest absolute Gasteiger partial charge is 0.366 e. The van der Waals surface area contributed by atoms with Crippen LogP contribution in [-0.4, -0.2) is 52.9 Å². The van der Waals surface area contributed by atoms with E-state index in [2.05, 4.69) is 14.9 Å². The molecule has 0 atom stereocenters. The number of carbonyl (C=O) groups excluding carboxylic acids is 2. The number of nitrogens with two attached hydrogens (primary N) is 1. The zero-order chi connectivity index (χ0) is 16.4. The number of pyridine rings is 1. The number of carbonyl (C=O) groups is 2. The van der Waals surface area contributed by atoms with Gasteiger partial charge in [-0.1, -0.05) is 0 Å². The van der Waals surface area contributed by atoms with Crippen molar-refractivity contribution >= 4 is 28.3 Å². The van der Waals surface area contributed by atoms with Crippen LogP contribution in [0, 0.1) is 6.92 Å². The molecule has 0 radical (unpaired) electrons. The van der Waals surface area contributed by atoms with Crippen LogP contribution in [0.1, 0.15) is 26.5 Å². The van der Waals surface area contributed by atoms with E-state index in [1.165, 1.54) is 12.3 Å². The quantitative estimate of drug-likeness (QED) is 0.902. The summed E-state index contributed by atoms with van der Waals surface area (Å²) in [5, 5.41) is 3.02. The van der Waals surface area contributed by atoms with Crippen molar-refractivity contribution in [2.45, 2.75) is 6.92 Å². The average Bonchev–Trinajstić information content (AvgIpc) is 3.01. The minimum Gasteiger partial charge on any atom is -0.366 e. The molecule has 23 heavy (non-hydrogen) atoms. The van der Waals surface area contributed by atoms with Gasteiger partial charge in [0.15, 0.2) is 5.13 Å². The summed E-state index contributed by atoms with van der Waals surface area (Å²) in [5.41, 5.74) is 6.81. The number of hydrogen-bond donors (Lipinski definition) is 1. The highest BCUT2D eigenvalue weighted by Gasteiger charge is 2.24. The lowest BCUT2D eigenvalue weighted by atomic mass is 10.2. The molecule has 2 aromatic heterocycles. The van der Waals surface area contributed by atoms with Crippen molar-refractivity contribution in [1.82, 2.24) is 14.9 Å². The summed E-state index contributed by atoms with van der Waals surface area (Å²) in [5.74, 6) is -0.681. The Kier molecular flexibility index (Phi) is 4.24. The highest BCUT2D eigenvalue weighted by atomic mass is 32.1. The molecule has 0 aliphatic carbocycles. The third-order valence-electron chi connectivity index (χ3n) is 3.71. The maximum Gasteiger partial charge on any atom is 0.272 e. The van der Waals surface area contributed by atoms with Crippen LogP contribution in [0.5, 0.6) is 0 Å². The second kappa shape index (κ2) is 6.33. The van der Waals surface area contributed by atoms with Crippen molar-refractivity contribution in [3.8, 4) is 0 Å². The molecule has 1 fully saturated rings. The van der Waals surface area contributed by atoms with Crippen LogP contribution in [0.15, 0.2) is 23.7 Å². The van der Waals surface area contributed by atoms with Gasteiger partial charge < -0.3 is 15.5 Å². The molecule has 1 saturated heterocycles. The minimum absolute atomic E-state index is 0.129. The SMILES string of the molecule is Cc1csc(N2CCN(C(=O)c3ccc(C(N)=O)cn3)CC2)n1. The Hall–Kier alpha value is -2.48. The van der Waals surface area contributed by atoms with Gasteiger partial charge in [-0.25, -0.2) is 4.98 Å². The van der Waals surface area contributed by atoms with Gasteiger partial charge in [0.05, 0.1) is 11.3 Å². The number of primary amides is 1. The fourth-order valence-corrected chi connectivity index (χ4v) is 3.27. The van der Waals surface area contributed by atoms with Crippen molar-refractivity contribution in [2.24, 2.45) is 5.73 Å². The van der Waals surface area contributed by atoms with Crippen LogP contribution in [0.25, 0.3) is 0 Å². The molecule has 3 rings (SSSR count). The summed E-state index contributed by atoms with van der Waals surface area (Å²) < 4.78 is 0. The number of amides is 2. The third-order valence-corrected chi connectivity index (χ3v) is 4.73. The van der Waals surface area contributed by atoms with Gasteiger partial charge in [0, 0.05) is 37.8 Å². The van der Waals surface area contributed by atoms with E-state index >= 15 is 0 Å². The highest BCUT2D eigenvalue weighted by Crippen LogP contribution is 2.21. The van der Waals surface area contributed by atoms with E-state index < -0.39 is 5.91 Å². The number of aromatic nitrogens is 2. The van der Waals surface area contributed by atoms with E-state index in [1.807, 2.05) is 12.3 Å². The number of anilines is 1. The number of thiazole rings is 1. The molecule has 2 aromatic rings. The lowest BCUT2D eigenvalue weighted by molar-refractivity contribution is 0.0740. The zero-order valence-corrected chi connectivity index (χ0v) is 13.5. The summed E-state index contributed by atoms with van der Waals surface area (Å²) >= 11 is 1.62. The first-order valence-electron chi connectivity index (χ1n) is 7.27. The molecule has 1 aliphatic rings. The van der Waals surface area contributed by atoms with Crippen LogP contribution in [0.4, 0.5) is 5.13 Å². The van der Waals surface area contributed by atoms with Gasteiger partial charge in [-0.2, -0.15) is 0 Å². The van der Waals surface area contributed by atoms with Gasteiger partial charge in [-0.05, 0) is 19.1 Å². The van der Waals surface area contributed by atoms with Gasteiger partial charge in [0.1, 0.15) is 5.69 Å². The van der Waals surface area contributed by atoms with Crippen molar-refractivity contribution < 1.29 is 9.59 Å². The van der Waals surface area contributed by atoms with Gasteiger partial charge in [-0.15, -0.1) is 11.3 Å². The number of aryl methyl sites for hydroxylation is 1. The Balaban J connectivity index is 1.62. The molecule has 0 aromatic carbocycles. The molecule has 0 unspecified atom stereocenters. The molecule has 120 valence electrons. The van der Waals surface area contributed by atoms with Crippen LogP contribution in [-0.2, 0) is 0 Å². The molecular weight excluding hydrogens is 314 g/mol. The molecule has 0 bridgehead atoms. The first-order valence-corrected chi connectivity index (χ1v) is 8.15. The maximum atomic E-state index is 12.4. The van der Waals surface area contributed by atoms with E-state index in [-0.39, 0.29) is 5.91 Å². The fourth-order valence-electron chi connectivity index (χ4n) is 2.42. The number of rotatable bonds is 3. The third kappa shape index (κ3) is 3.31. The molecule has 1 aliphatic heterocycles. The van der Waals surface area contributed by atoms with Gasteiger partial charge in [-0.3, -0.25) is 14.6 Å². The molecule has 0 spiro atoms. The average molecular weight is 331 g/mol. The monoisotopic (exact) mass is 331 g/mol. The predicted octanol–water partition coefficient (Wildman–Crippen LogP) is 0.908. The molecule has 2 amide bonds. The zero-order valence-electron chi connectivity index (χ0n) is 12.7. The lowest BCUT2D eigenvalue weighted by Crippen LogP contribution is -2.49. The van der Waals surface area contributed by atoms with Crippen LogP contribution < -0.4 is 10.6 Å². The van der Waals surface area contributed by atoms with Crippen molar-refractivity contribution in [3.05, 3.63) is 40.7 Å². The van der Waals surface area contributed by atoms with E-state index in [1.54, 1.807) is 22.3 Å². The Morgan fingerprint density at radius 1 is 1.22 bits per heavy atom. The first-order chi connectivity index (χ1) is 11.0. The van der Waals surface area contributed by atoms with E-state index in [4.69, 9.17) is 5.73 Å². The second-order valence-corrected chi connectivity index (χ2v) is 6.18. The second-order valence-electron chi connectivity index (χ2n) is 5.35. The van der Waals surface area contributed by atoms with E-state index in [9.17, 15) is 9.59 Å². The number of hydrogen-bond acceptors (Lipinski definition) is 6. The van der Waals surface area contributed by atoms with Crippen molar-refractivity contribution in [2.75, 3.05) is 31.1 Å². The van der Waals surface area contributed by atoms with Crippen LogP contribution in [0.2, 0.25) is 0 Å². The molecule has 3 heterocycles. The van der Waals surface area contributed by atoms with E-state index in [0.717, 1.165) is 23.9 Å². The van der Waals surface area contributed by atoms with Crippen molar-refractivity contribution in [3.63, 3.8) is 0 Å². The molecule has 2 N–H and O–H groups in total. The Morgan fingerprint density at radius 3 is 2.48 bits per heavy atom. The molecular formula is C15H17N5O2S. The Bertz CT molecular complexity index is 720. The van der Waals surface area contributed by atoms with Crippen LogP contribution >= 0.6 is 11.3 Å².